The molecule has 1 aliphatic rings. The van der Waals surface area contributed by atoms with E-state index in [1.807, 2.05) is 23.5 Å². The van der Waals surface area contributed by atoms with Crippen LogP contribution in [0.4, 0.5) is 5.69 Å². The third kappa shape index (κ3) is 2.57. The maximum atomic E-state index is 9.62. The number of aliphatic hydroxyl groups excluding tert-OH is 1. The minimum atomic E-state index is -0.421. The maximum absolute atomic E-state index is 9.62. The lowest BCUT2D eigenvalue weighted by molar-refractivity contribution is 0.199. The Morgan fingerprint density at radius 3 is 2.95 bits per heavy atom. The molecule has 1 unspecified atom stereocenters. The Balaban J connectivity index is 1.88. The van der Waals surface area contributed by atoms with Gasteiger partial charge in [0.15, 0.2) is 0 Å². The number of rotatable bonds is 2. The lowest BCUT2D eigenvalue weighted by Crippen LogP contribution is -2.29. The highest BCUT2D eigenvalue weighted by atomic mass is 79.9. The van der Waals surface area contributed by atoms with E-state index >= 15 is 0 Å². The summed E-state index contributed by atoms with van der Waals surface area (Å²) in [7, 11) is 0. The molecule has 0 spiro atoms. The summed E-state index contributed by atoms with van der Waals surface area (Å²) >= 11 is 5.49. The molecule has 0 radical (unpaired) electrons. The number of fused-ring (bicyclic) bond motifs is 1. The van der Waals surface area contributed by atoms with Gasteiger partial charge in [-0.15, -0.1) is 11.3 Å². The number of aliphatic hydroxyl groups is 1. The fourth-order valence-corrected chi connectivity index (χ4v) is 4.03. The third-order valence-electron chi connectivity index (χ3n) is 3.60. The van der Waals surface area contributed by atoms with E-state index in [9.17, 15) is 5.11 Å². The van der Waals surface area contributed by atoms with Gasteiger partial charge in [-0.3, -0.25) is 0 Å². The predicted molar refractivity (Wildman–Crippen MR) is 83.8 cm³/mol. The highest BCUT2D eigenvalue weighted by molar-refractivity contribution is 9.10. The van der Waals surface area contributed by atoms with Crippen LogP contribution in [0.25, 0.3) is 0 Å². The van der Waals surface area contributed by atoms with E-state index in [2.05, 4.69) is 38.3 Å². The summed E-state index contributed by atoms with van der Waals surface area (Å²) in [6.07, 6.45) is 0.701. The Bertz CT molecular complexity index is 594. The molecule has 0 bridgehead atoms. The normalized spacial score (nSPS) is 16.3. The first-order valence-electron chi connectivity index (χ1n) is 6.43. The van der Waals surface area contributed by atoms with Gasteiger partial charge in [0.2, 0.25) is 0 Å². The summed E-state index contributed by atoms with van der Waals surface area (Å²) in [5.74, 6) is 0. The van der Waals surface area contributed by atoms with E-state index in [1.54, 1.807) is 6.92 Å². The SMILES string of the molecule is CC(O)c1ccc(N2CCc3sccc3C2)c(Br)c1. The minimum absolute atomic E-state index is 0.421. The fourth-order valence-electron chi connectivity index (χ4n) is 2.49. The van der Waals surface area contributed by atoms with Crippen LogP contribution in [-0.2, 0) is 13.0 Å². The summed E-state index contributed by atoms with van der Waals surface area (Å²) in [4.78, 5) is 3.92. The van der Waals surface area contributed by atoms with Crippen molar-refractivity contribution in [3.63, 3.8) is 0 Å². The van der Waals surface area contributed by atoms with E-state index in [0.717, 1.165) is 29.5 Å². The van der Waals surface area contributed by atoms with Crippen molar-refractivity contribution in [2.75, 3.05) is 11.4 Å². The quantitative estimate of drug-likeness (QED) is 0.890. The van der Waals surface area contributed by atoms with E-state index in [4.69, 9.17) is 0 Å². The molecule has 0 amide bonds. The molecule has 0 aliphatic carbocycles. The average Bonchev–Trinajstić information content (AvgIpc) is 2.85. The van der Waals surface area contributed by atoms with Crippen molar-refractivity contribution in [3.8, 4) is 0 Å². The summed E-state index contributed by atoms with van der Waals surface area (Å²) in [5.41, 5.74) is 3.60. The van der Waals surface area contributed by atoms with Gasteiger partial charge < -0.3 is 10.0 Å². The molecular weight excluding hydrogens is 322 g/mol. The standard InChI is InChI=1S/C15H16BrNOS/c1-10(18)11-2-3-14(13(16)8-11)17-6-4-15-12(9-17)5-7-19-15/h2-3,5,7-8,10,18H,4,6,9H2,1H3. The van der Waals surface area contributed by atoms with Crippen LogP contribution < -0.4 is 4.90 Å². The smallest absolute Gasteiger partial charge is 0.0762 e. The maximum Gasteiger partial charge on any atom is 0.0762 e. The van der Waals surface area contributed by atoms with Crippen molar-refractivity contribution >= 4 is 33.0 Å². The fraction of sp³-hybridized carbons (Fsp3) is 0.333. The van der Waals surface area contributed by atoms with Crippen LogP contribution in [0.2, 0.25) is 0 Å². The van der Waals surface area contributed by atoms with Crippen molar-refractivity contribution in [1.82, 2.24) is 0 Å². The summed E-state index contributed by atoms with van der Waals surface area (Å²) in [6.45, 7) is 3.82. The second-order valence-electron chi connectivity index (χ2n) is 4.93. The molecule has 2 heterocycles. The molecule has 3 rings (SSSR count). The molecule has 2 nitrogen and oxygen atoms in total. The molecule has 100 valence electrons. The predicted octanol–water partition coefficient (Wildman–Crippen LogP) is 4.13. The number of nitrogens with zero attached hydrogens (tertiary/aromatic N) is 1. The molecule has 1 aliphatic heterocycles. The number of hydrogen-bond acceptors (Lipinski definition) is 3. The van der Waals surface area contributed by atoms with Gasteiger partial charge in [0.25, 0.3) is 0 Å². The lowest BCUT2D eigenvalue weighted by Gasteiger charge is -2.30. The van der Waals surface area contributed by atoms with Crippen LogP contribution >= 0.6 is 27.3 Å². The zero-order valence-electron chi connectivity index (χ0n) is 10.8. The summed E-state index contributed by atoms with van der Waals surface area (Å²) in [6, 6.07) is 8.35. The first-order chi connectivity index (χ1) is 9.15. The summed E-state index contributed by atoms with van der Waals surface area (Å²) in [5, 5.41) is 11.8. The molecule has 19 heavy (non-hydrogen) atoms. The Kier molecular flexibility index (Phi) is 3.65. The van der Waals surface area contributed by atoms with Crippen molar-refractivity contribution in [2.24, 2.45) is 0 Å². The van der Waals surface area contributed by atoms with Crippen LogP contribution in [-0.4, -0.2) is 11.7 Å². The van der Waals surface area contributed by atoms with Crippen LogP contribution in [0.15, 0.2) is 34.1 Å². The molecule has 1 aromatic heterocycles. The van der Waals surface area contributed by atoms with E-state index < -0.39 is 6.10 Å². The lowest BCUT2D eigenvalue weighted by atomic mass is 10.1. The van der Waals surface area contributed by atoms with Gasteiger partial charge in [-0.2, -0.15) is 0 Å². The Labute approximate surface area is 125 Å². The largest absolute Gasteiger partial charge is 0.389 e. The number of hydrogen-bond donors (Lipinski definition) is 1. The molecule has 1 N–H and O–H groups in total. The van der Waals surface area contributed by atoms with Crippen molar-refractivity contribution in [3.05, 3.63) is 50.1 Å². The van der Waals surface area contributed by atoms with Gasteiger partial charge in [-0.1, -0.05) is 6.07 Å². The Morgan fingerprint density at radius 2 is 2.21 bits per heavy atom. The third-order valence-corrected chi connectivity index (χ3v) is 5.26. The minimum Gasteiger partial charge on any atom is -0.389 e. The van der Waals surface area contributed by atoms with Crippen molar-refractivity contribution in [2.45, 2.75) is 26.0 Å². The topological polar surface area (TPSA) is 23.5 Å². The van der Waals surface area contributed by atoms with Gasteiger partial charge in [0.05, 0.1) is 11.8 Å². The zero-order chi connectivity index (χ0) is 13.4. The van der Waals surface area contributed by atoms with Crippen LogP contribution in [0.3, 0.4) is 0 Å². The van der Waals surface area contributed by atoms with Gasteiger partial charge in [-0.05, 0) is 64.0 Å². The second-order valence-corrected chi connectivity index (χ2v) is 6.78. The summed E-state index contributed by atoms with van der Waals surface area (Å²) < 4.78 is 1.06. The molecule has 4 heteroatoms. The van der Waals surface area contributed by atoms with Crippen molar-refractivity contribution < 1.29 is 5.11 Å². The van der Waals surface area contributed by atoms with Gasteiger partial charge in [0, 0.05) is 22.4 Å². The first-order valence-corrected chi connectivity index (χ1v) is 8.10. The highest BCUT2D eigenvalue weighted by Crippen LogP contribution is 2.33. The van der Waals surface area contributed by atoms with E-state index in [1.165, 1.54) is 16.1 Å². The average molecular weight is 338 g/mol. The van der Waals surface area contributed by atoms with Crippen molar-refractivity contribution in [1.29, 1.82) is 0 Å². The van der Waals surface area contributed by atoms with Gasteiger partial charge in [0.1, 0.15) is 0 Å². The number of thiophene rings is 1. The molecule has 1 aromatic carbocycles. The van der Waals surface area contributed by atoms with Gasteiger partial charge in [-0.25, -0.2) is 0 Å². The Morgan fingerprint density at radius 1 is 1.37 bits per heavy atom. The van der Waals surface area contributed by atoms with Crippen LogP contribution in [0.5, 0.6) is 0 Å². The number of halogens is 1. The molecule has 0 saturated carbocycles. The first kappa shape index (κ1) is 13.2. The molecular formula is C15H16BrNOS. The highest BCUT2D eigenvalue weighted by Gasteiger charge is 2.19. The Hall–Kier alpha value is -0.840. The number of benzene rings is 1. The molecule has 1 atom stereocenters. The van der Waals surface area contributed by atoms with Crippen LogP contribution in [0.1, 0.15) is 29.0 Å². The van der Waals surface area contributed by atoms with E-state index in [-0.39, 0.29) is 0 Å². The molecule has 0 fully saturated rings. The van der Waals surface area contributed by atoms with E-state index in [0.29, 0.717) is 0 Å². The number of anilines is 1. The molecule has 2 aromatic rings. The van der Waals surface area contributed by atoms with Gasteiger partial charge >= 0.3 is 0 Å². The zero-order valence-corrected chi connectivity index (χ0v) is 13.2. The monoisotopic (exact) mass is 337 g/mol. The second kappa shape index (κ2) is 5.27. The van der Waals surface area contributed by atoms with Crippen LogP contribution in [0, 0.1) is 0 Å². The molecule has 0 saturated heterocycles.